The zero-order valence-corrected chi connectivity index (χ0v) is 20.0. The highest BCUT2D eigenvalue weighted by Crippen LogP contribution is 2.67. The Morgan fingerprint density at radius 1 is 1.17 bits per heavy atom. The molecule has 0 amide bonds. The number of imidazole rings is 1. The van der Waals surface area contributed by atoms with E-state index >= 15 is 0 Å². The molecule has 190 valence electrons. The van der Waals surface area contributed by atoms with Crippen LogP contribution in [-0.2, 0) is 27.8 Å². The first-order valence-corrected chi connectivity index (χ1v) is 13.4. The zero-order valence-electron chi connectivity index (χ0n) is 19.2. The molecule has 2 bridgehead atoms. The number of anilines is 2. The summed E-state index contributed by atoms with van der Waals surface area (Å²) in [6.07, 6.45) is 6.07. The molecule has 0 unspecified atom stereocenters. The van der Waals surface area contributed by atoms with Gasteiger partial charge in [-0.3, -0.25) is 0 Å². The van der Waals surface area contributed by atoms with Crippen LogP contribution in [0.5, 0.6) is 0 Å². The molecule has 12 heteroatoms. The zero-order chi connectivity index (χ0) is 24.4. The van der Waals surface area contributed by atoms with E-state index < -0.39 is 15.5 Å². The Kier molecular flexibility index (Phi) is 5.35. The quantitative estimate of drug-likeness (QED) is 0.665. The molecule has 1 N–H and O–H groups in total. The van der Waals surface area contributed by atoms with Crippen molar-refractivity contribution in [3.63, 3.8) is 0 Å². The highest BCUT2D eigenvalue weighted by molar-refractivity contribution is 7.89. The van der Waals surface area contributed by atoms with E-state index in [0.717, 1.165) is 36.3 Å². The van der Waals surface area contributed by atoms with Crippen molar-refractivity contribution in [2.24, 2.45) is 11.3 Å². The van der Waals surface area contributed by atoms with Gasteiger partial charge in [0.25, 0.3) is 0 Å². The van der Waals surface area contributed by atoms with Gasteiger partial charge >= 0.3 is 15.5 Å². The summed E-state index contributed by atoms with van der Waals surface area (Å²) in [6.45, 7) is 2.41. The number of ether oxygens (including phenoxy) is 1. The van der Waals surface area contributed by atoms with Crippen molar-refractivity contribution in [1.29, 1.82) is 0 Å². The molecule has 0 spiro atoms. The standard InChI is InChI=1S/C23H28F3N5O3S/c24-23(25,26)35(32,33)30-12-17-7-19(29-3-5-34-6-4-29)1-2-20(17)31(13-18-11-27-15-28-18)21(14-30)22-8-16(9-22)10-22/h1-2,7,11,15-16,21H,3-6,8-10,12-14H2,(H,27,28)/t16?,21-,22?/m1/s1. The van der Waals surface area contributed by atoms with E-state index in [1.807, 2.05) is 18.2 Å². The van der Waals surface area contributed by atoms with E-state index in [-0.39, 0.29) is 24.5 Å². The predicted octanol–water partition coefficient (Wildman–Crippen LogP) is 3.09. The number of alkyl halides is 3. The van der Waals surface area contributed by atoms with Crippen LogP contribution in [0.15, 0.2) is 30.7 Å². The normalized spacial score (nSPS) is 29.2. The van der Waals surface area contributed by atoms with Crippen LogP contribution >= 0.6 is 0 Å². The average molecular weight is 512 g/mol. The Morgan fingerprint density at radius 2 is 1.91 bits per heavy atom. The molecule has 8 nitrogen and oxygen atoms in total. The van der Waals surface area contributed by atoms with Gasteiger partial charge in [0.05, 0.1) is 31.8 Å². The molecule has 5 aliphatic rings. The van der Waals surface area contributed by atoms with E-state index in [4.69, 9.17) is 4.74 Å². The number of benzene rings is 1. The number of rotatable bonds is 5. The summed E-state index contributed by atoms with van der Waals surface area (Å²) in [5.74, 6) is 0.600. The molecule has 1 saturated heterocycles. The van der Waals surface area contributed by atoms with Gasteiger partial charge < -0.3 is 19.5 Å². The smallest absolute Gasteiger partial charge is 0.378 e. The molecule has 35 heavy (non-hydrogen) atoms. The van der Waals surface area contributed by atoms with Gasteiger partial charge in [0, 0.05) is 49.8 Å². The molecule has 4 fully saturated rings. The largest absolute Gasteiger partial charge is 0.511 e. The molecule has 0 radical (unpaired) electrons. The first-order valence-electron chi connectivity index (χ1n) is 11.9. The number of halogens is 3. The number of fused-ring (bicyclic) bond motifs is 1. The molecule has 3 aliphatic carbocycles. The van der Waals surface area contributed by atoms with Crippen LogP contribution < -0.4 is 9.80 Å². The Morgan fingerprint density at radius 3 is 2.51 bits per heavy atom. The van der Waals surface area contributed by atoms with Crippen LogP contribution in [-0.4, -0.2) is 67.1 Å². The van der Waals surface area contributed by atoms with E-state index in [0.29, 0.717) is 48.6 Å². The Hall–Kier alpha value is -2.31. The van der Waals surface area contributed by atoms with Crippen LogP contribution in [0.1, 0.15) is 30.5 Å². The van der Waals surface area contributed by atoms with E-state index in [1.165, 1.54) is 0 Å². The lowest BCUT2D eigenvalue weighted by Gasteiger charge is -2.67. The fourth-order valence-corrected chi connectivity index (χ4v) is 7.21. The van der Waals surface area contributed by atoms with Crippen molar-refractivity contribution in [3.8, 4) is 0 Å². The molecule has 3 saturated carbocycles. The second-order valence-electron chi connectivity index (χ2n) is 10.2. The maximum Gasteiger partial charge on any atom is 0.511 e. The summed E-state index contributed by atoms with van der Waals surface area (Å²) < 4.78 is 72.8. The lowest BCUT2D eigenvalue weighted by molar-refractivity contribution is -0.129. The number of hydrogen-bond donors (Lipinski definition) is 1. The van der Waals surface area contributed by atoms with E-state index in [1.54, 1.807) is 12.5 Å². The molecular formula is C23H28F3N5O3S. The number of nitrogens with one attached hydrogen (secondary N) is 1. The summed E-state index contributed by atoms with van der Waals surface area (Å²) >= 11 is 0. The molecule has 7 rings (SSSR count). The van der Waals surface area contributed by atoms with Crippen molar-refractivity contribution in [3.05, 3.63) is 42.0 Å². The minimum atomic E-state index is -5.50. The first-order chi connectivity index (χ1) is 16.7. The lowest BCUT2D eigenvalue weighted by Crippen LogP contribution is -2.66. The summed E-state index contributed by atoms with van der Waals surface area (Å²) in [7, 11) is -5.50. The third-order valence-corrected chi connectivity index (χ3v) is 9.71. The second kappa shape index (κ2) is 8.10. The summed E-state index contributed by atoms with van der Waals surface area (Å²) in [5, 5.41) is 0. The number of nitrogens with zero attached hydrogens (tertiary/aromatic N) is 4. The maximum absolute atomic E-state index is 13.7. The third-order valence-electron chi connectivity index (χ3n) is 8.17. The van der Waals surface area contributed by atoms with Crippen molar-refractivity contribution in [1.82, 2.24) is 14.3 Å². The van der Waals surface area contributed by atoms with Crippen LogP contribution in [0.3, 0.4) is 0 Å². The van der Waals surface area contributed by atoms with Crippen molar-refractivity contribution < 1.29 is 26.3 Å². The Balaban J connectivity index is 1.45. The van der Waals surface area contributed by atoms with Gasteiger partial charge in [0.15, 0.2) is 0 Å². The van der Waals surface area contributed by atoms with Gasteiger partial charge in [-0.05, 0) is 54.4 Å². The van der Waals surface area contributed by atoms with Gasteiger partial charge in [-0.1, -0.05) is 0 Å². The third kappa shape index (κ3) is 3.80. The topological polar surface area (TPSA) is 81.8 Å². The van der Waals surface area contributed by atoms with Crippen molar-refractivity contribution >= 4 is 21.4 Å². The highest BCUT2D eigenvalue weighted by atomic mass is 32.2. The predicted molar refractivity (Wildman–Crippen MR) is 123 cm³/mol. The number of hydrogen-bond acceptors (Lipinski definition) is 6. The van der Waals surface area contributed by atoms with Crippen molar-refractivity contribution in [2.75, 3.05) is 42.6 Å². The summed E-state index contributed by atoms with van der Waals surface area (Å²) in [4.78, 5) is 11.4. The Labute approximate surface area is 202 Å². The lowest BCUT2D eigenvalue weighted by atomic mass is 9.41. The molecule has 2 aliphatic heterocycles. The van der Waals surface area contributed by atoms with Crippen LogP contribution in [0, 0.1) is 11.3 Å². The molecule has 3 heterocycles. The molecule has 1 aromatic heterocycles. The van der Waals surface area contributed by atoms with Crippen LogP contribution in [0.25, 0.3) is 0 Å². The van der Waals surface area contributed by atoms with E-state index in [2.05, 4.69) is 19.8 Å². The van der Waals surface area contributed by atoms with Crippen LogP contribution in [0.4, 0.5) is 24.5 Å². The minimum absolute atomic E-state index is 0.158. The van der Waals surface area contributed by atoms with E-state index in [9.17, 15) is 21.6 Å². The monoisotopic (exact) mass is 511 g/mol. The fraction of sp³-hybridized carbons (Fsp3) is 0.609. The molecule has 1 atom stereocenters. The number of aromatic nitrogens is 2. The van der Waals surface area contributed by atoms with Gasteiger partial charge in [0.1, 0.15) is 0 Å². The number of aromatic amines is 1. The summed E-state index contributed by atoms with van der Waals surface area (Å²) in [5.41, 5.74) is -2.45. The number of H-pyrrole nitrogens is 1. The van der Waals surface area contributed by atoms with Crippen LogP contribution in [0.2, 0.25) is 0 Å². The highest BCUT2D eigenvalue weighted by Gasteiger charge is 2.63. The SMILES string of the molecule is O=S(=O)(N1Cc2cc(N3CCOCC3)ccc2N(Cc2cnc[nH]2)[C@@H](C23CC(C2)C3)C1)C(F)(F)F. The first kappa shape index (κ1) is 23.1. The average Bonchev–Trinajstić information content (AvgIpc) is 3.22. The Bertz CT molecular complexity index is 1180. The molecular weight excluding hydrogens is 483 g/mol. The second-order valence-corrected chi connectivity index (χ2v) is 12.1. The van der Waals surface area contributed by atoms with Gasteiger partial charge in [-0.15, -0.1) is 0 Å². The fourth-order valence-electron chi connectivity index (χ4n) is 6.27. The summed E-state index contributed by atoms with van der Waals surface area (Å²) in [6, 6.07) is 5.42. The van der Waals surface area contributed by atoms with Crippen molar-refractivity contribution in [2.45, 2.75) is 43.9 Å². The molecule has 1 aromatic carbocycles. The van der Waals surface area contributed by atoms with Gasteiger partial charge in [-0.25, -0.2) is 13.4 Å². The maximum atomic E-state index is 13.7. The van der Waals surface area contributed by atoms with Gasteiger partial charge in [0.2, 0.25) is 0 Å². The number of sulfonamides is 1. The van der Waals surface area contributed by atoms with Gasteiger partial charge in [-0.2, -0.15) is 17.5 Å². The number of morpholine rings is 1. The minimum Gasteiger partial charge on any atom is -0.378 e. The molecule has 2 aromatic rings.